The fraction of sp³-hybridized carbons (Fsp3) is 0.278. The van der Waals surface area contributed by atoms with E-state index in [0.717, 1.165) is 16.2 Å². The van der Waals surface area contributed by atoms with Crippen LogP contribution in [0.4, 0.5) is 4.79 Å². The van der Waals surface area contributed by atoms with Crippen LogP contribution in [0.15, 0.2) is 60.7 Å². The van der Waals surface area contributed by atoms with Gasteiger partial charge in [0, 0.05) is 7.11 Å². The number of hydroxylamine groups is 2. The summed E-state index contributed by atoms with van der Waals surface area (Å²) in [5, 5.41) is 11.4. The molecule has 3 atom stereocenters. The number of aliphatic hydroxyl groups excluding tert-OH is 1. The van der Waals surface area contributed by atoms with Crippen molar-refractivity contribution in [3.05, 3.63) is 71.8 Å². The normalized spacial score (nSPS) is 23.2. The van der Waals surface area contributed by atoms with Crippen molar-refractivity contribution in [1.82, 2.24) is 5.06 Å². The minimum Gasteiger partial charge on any atom is -0.443 e. The number of nitrogens with zero attached hydrogens (tertiary/aromatic N) is 1. The maximum atomic E-state index is 12.4. The average molecular weight is 329 g/mol. The summed E-state index contributed by atoms with van der Waals surface area (Å²) < 4.78 is 10.4. The number of carbonyl (C=O) groups is 1. The van der Waals surface area contributed by atoms with Crippen molar-refractivity contribution in [2.24, 2.45) is 0 Å². The number of carbonyl (C=O) groups excluding carboxylic acids is 1. The maximum Gasteiger partial charge on any atom is 0.435 e. The standard InChI is InChI=1S/C18H19NO5/c1-22-17-16(20)15(14-10-6-3-7-11-14)19(24-17)18(21)23-12-13-8-4-2-5-9-13/h2-11,15-17,20H,12H2,1H3/t15-,16-,17-/m1/s1. The van der Waals surface area contributed by atoms with Crippen LogP contribution in [0.3, 0.4) is 0 Å². The quantitative estimate of drug-likeness (QED) is 0.934. The van der Waals surface area contributed by atoms with Crippen molar-refractivity contribution in [2.45, 2.75) is 25.0 Å². The molecule has 126 valence electrons. The highest BCUT2D eigenvalue weighted by Gasteiger charge is 2.47. The average Bonchev–Trinajstić information content (AvgIpc) is 2.98. The first-order valence-corrected chi connectivity index (χ1v) is 7.63. The molecule has 2 aromatic rings. The van der Waals surface area contributed by atoms with Crippen LogP contribution in [0, 0.1) is 0 Å². The zero-order valence-electron chi connectivity index (χ0n) is 13.2. The van der Waals surface area contributed by atoms with Crippen LogP contribution in [-0.4, -0.2) is 35.8 Å². The van der Waals surface area contributed by atoms with E-state index >= 15 is 0 Å². The summed E-state index contributed by atoms with van der Waals surface area (Å²) >= 11 is 0. The maximum absolute atomic E-state index is 12.4. The lowest BCUT2D eigenvalue weighted by Gasteiger charge is -2.22. The lowest BCUT2D eigenvalue weighted by atomic mass is 10.0. The molecule has 0 unspecified atom stereocenters. The minimum atomic E-state index is -1.01. The van der Waals surface area contributed by atoms with Crippen LogP contribution in [0.2, 0.25) is 0 Å². The van der Waals surface area contributed by atoms with Crippen LogP contribution in [-0.2, 0) is 20.9 Å². The molecule has 0 aromatic heterocycles. The van der Waals surface area contributed by atoms with E-state index in [1.807, 2.05) is 60.7 Å². The summed E-state index contributed by atoms with van der Waals surface area (Å²) in [5.74, 6) is 0. The predicted octanol–water partition coefficient (Wildman–Crippen LogP) is 2.65. The van der Waals surface area contributed by atoms with E-state index in [4.69, 9.17) is 14.3 Å². The summed E-state index contributed by atoms with van der Waals surface area (Å²) in [6, 6.07) is 17.8. The van der Waals surface area contributed by atoms with Gasteiger partial charge in [0.05, 0.1) is 0 Å². The highest BCUT2D eigenvalue weighted by Crippen LogP contribution is 2.35. The molecule has 1 heterocycles. The van der Waals surface area contributed by atoms with Gasteiger partial charge in [-0.1, -0.05) is 60.7 Å². The van der Waals surface area contributed by atoms with Gasteiger partial charge in [-0.3, -0.25) is 0 Å². The Bertz CT molecular complexity index is 664. The number of hydrogen-bond acceptors (Lipinski definition) is 5. The first-order valence-electron chi connectivity index (χ1n) is 7.63. The Kier molecular flexibility index (Phi) is 5.10. The minimum absolute atomic E-state index is 0.120. The van der Waals surface area contributed by atoms with Gasteiger partial charge in [0.1, 0.15) is 18.8 Å². The number of ether oxygens (including phenoxy) is 2. The van der Waals surface area contributed by atoms with E-state index in [-0.39, 0.29) is 6.61 Å². The Morgan fingerprint density at radius 2 is 1.75 bits per heavy atom. The van der Waals surface area contributed by atoms with Gasteiger partial charge in [0.15, 0.2) is 0 Å². The SMILES string of the molecule is CO[C@@H]1ON(C(=O)OCc2ccccc2)[C@H](c2ccccc2)[C@H]1O. The van der Waals surface area contributed by atoms with Gasteiger partial charge in [-0.25, -0.2) is 9.63 Å². The molecule has 1 N–H and O–H groups in total. The molecule has 0 spiro atoms. The Morgan fingerprint density at radius 3 is 2.38 bits per heavy atom. The lowest BCUT2D eigenvalue weighted by molar-refractivity contribution is -0.222. The van der Waals surface area contributed by atoms with Gasteiger partial charge in [0.25, 0.3) is 0 Å². The van der Waals surface area contributed by atoms with Crippen LogP contribution < -0.4 is 0 Å². The summed E-state index contributed by atoms with van der Waals surface area (Å²) in [7, 11) is 1.41. The second-order valence-corrected chi connectivity index (χ2v) is 5.42. The van der Waals surface area contributed by atoms with E-state index in [9.17, 15) is 9.90 Å². The first-order chi connectivity index (χ1) is 11.7. The lowest BCUT2D eigenvalue weighted by Crippen LogP contribution is -2.33. The van der Waals surface area contributed by atoms with E-state index in [0.29, 0.717) is 0 Å². The topological polar surface area (TPSA) is 68.2 Å². The summed E-state index contributed by atoms with van der Waals surface area (Å²) in [5.41, 5.74) is 1.60. The third-order valence-electron chi connectivity index (χ3n) is 3.83. The zero-order valence-corrected chi connectivity index (χ0v) is 13.2. The third-order valence-corrected chi connectivity index (χ3v) is 3.83. The molecule has 0 aliphatic carbocycles. The van der Waals surface area contributed by atoms with Crippen LogP contribution in [0.5, 0.6) is 0 Å². The summed E-state index contributed by atoms with van der Waals surface area (Å²) in [6.07, 6.45) is -2.62. The molecule has 1 aliphatic heterocycles. The van der Waals surface area contributed by atoms with Crippen LogP contribution in [0.25, 0.3) is 0 Å². The molecule has 0 radical (unpaired) electrons. The summed E-state index contributed by atoms with van der Waals surface area (Å²) in [4.78, 5) is 17.8. The zero-order chi connectivity index (χ0) is 16.9. The van der Waals surface area contributed by atoms with Crippen molar-refractivity contribution in [2.75, 3.05) is 7.11 Å². The van der Waals surface area contributed by atoms with E-state index < -0.39 is 24.5 Å². The molecule has 3 rings (SSSR count). The van der Waals surface area contributed by atoms with Gasteiger partial charge in [0.2, 0.25) is 6.29 Å². The number of hydrogen-bond donors (Lipinski definition) is 1. The summed E-state index contributed by atoms with van der Waals surface area (Å²) in [6.45, 7) is 0.120. The Hall–Kier alpha value is -2.41. The highest BCUT2D eigenvalue weighted by molar-refractivity contribution is 5.67. The van der Waals surface area contributed by atoms with Crippen molar-refractivity contribution in [3.63, 3.8) is 0 Å². The molecule has 1 fully saturated rings. The van der Waals surface area contributed by atoms with Crippen molar-refractivity contribution >= 4 is 6.09 Å². The number of amides is 1. The number of aliphatic hydroxyl groups is 1. The second-order valence-electron chi connectivity index (χ2n) is 5.42. The van der Waals surface area contributed by atoms with E-state index in [1.54, 1.807) is 0 Å². The molecule has 24 heavy (non-hydrogen) atoms. The largest absolute Gasteiger partial charge is 0.443 e. The number of benzene rings is 2. The Labute approximate surface area is 140 Å². The van der Waals surface area contributed by atoms with Gasteiger partial charge in [-0.2, -0.15) is 5.06 Å². The van der Waals surface area contributed by atoms with Gasteiger partial charge in [-0.05, 0) is 11.1 Å². The fourth-order valence-electron chi connectivity index (χ4n) is 2.63. The molecule has 6 nitrogen and oxygen atoms in total. The Balaban J connectivity index is 1.75. The molecule has 1 aliphatic rings. The first kappa shape index (κ1) is 16.4. The van der Waals surface area contributed by atoms with E-state index in [2.05, 4.69) is 0 Å². The molecule has 1 saturated heterocycles. The number of rotatable bonds is 4. The third kappa shape index (κ3) is 3.41. The smallest absolute Gasteiger partial charge is 0.435 e. The van der Waals surface area contributed by atoms with Crippen molar-refractivity contribution in [1.29, 1.82) is 0 Å². The molecule has 6 heteroatoms. The Morgan fingerprint density at radius 1 is 1.12 bits per heavy atom. The molecule has 0 saturated carbocycles. The molecule has 0 bridgehead atoms. The van der Waals surface area contributed by atoms with Crippen LogP contribution in [0.1, 0.15) is 17.2 Å². The molecule has 2 aromatic carbocycles. The van der Waals surface area contributed by atoms with E-state index in [1.165, 1.54) is 7.11 Å². The van der Waals surface area contributed by atoms with Crippen LogP contribution >= 0.6 is 0 Å². The number of methoxy groups -OCH3 is 1. The molecular weight excluding hydrogens is 310 g/mol. The monoisotopic (exact) mass is 329 g/mol. The predicted molar refractivity (Wildman–Crippen MR) is 85.5 cm³/mol. The van der Waals surface area contributed by atoms with Gasteiger partial charge < -0.3 is 14.6 Å². The van der Waals surface area contributed by atoms with Gasteiger partial charge in [-0.15, -0.1) is 0 Å². The second kappa shape index (κ2) is 7.44. The fourth-order valence-corrected chi connectivity index (χ4v) is 2.63. The van der Waals surface area contributed by atoms with Gasteiger partial charge >= 0.3 is 6.09 Å². The molecule has 1 amide bonds. The highest BCUT2D eigenvalue weighted by atomic mass is 16.8. The van der Waals surface area contributed by atoms with Crippen molar-refractivity contribution < 1.29 is 24.2 Å². The van der Waals surface area contributed by atoms with Crippen molar-refractivity contribution in [3.8, 4) is 0 Å². The molecular formula is C18H19NO5.